The van der Waals surface area contributed by atoms with Crippen molar-refractivity contribution in [2.75, 3.05) is 6.61 Å². The fourth-order valence-electron chi connectivity index (χ4n) is 2.38. The fraction of sp³-hybridized carbons (Fsp3) is 0.800. The summed E-state index contributed by atoms with van der Waals surface area (Å²) in [5, 5.41) is 8.01. The molecule has 1 aromatic heterocycles. The third kappa shape index (κ3) is 4.32. The Morgan fingerprint density at radius 1 is 1.47 bits per heavy atom. The van der Waals surface area contributed by atoms with Gasteiger partial charge in [0.15, 0.2) is 0 Å². The lowest BCUT2D eigenvalue weighted by Gasteiger charge is -2.20. The summed E-state index contributed by atoms with van der Waals surface area (Å²) in [6, 6.07) is 0. The van der Waals surface area contributed by atoms with Crippen LogP contribution < -0.4 is 5.32 Å². The van der Waals surface area contributed by atoms with Gasteiger partial charge in [0, 0.05) is 36.5 Å². The first kappa shape index (κ1) is 14.5. The first-order valence-electron chi connectivity index (χ1n) is 7.33. The Balaban J connectivity index is 1.86. The van der Waals surface area contributed by atoms with E-state index >= 15 is 0 Å². The van der Waals surface area contributed by atoms with Crippen LogP contribution in [0.15, 0.2) is 6.20 Å². The molecule has 1 aliphatic rings. The summed E-state index contributed by atoms with van der Waals surface area (Å²) in [6.07, 6.45) is 5.93. The van der Waals surface area contributed by atoms with Gasteiger partial charge < -0.3 is 10.1 Å². The second-order valence-corrected chi connectivity index (χ2v) is 6.51. The molecule has 0 aliphatic carbocycles. The first-order chi connectivity index (χ1) is 8.96. The Kier molecular flexibility index (Phi) is 4.63. The summed E-state index contributed by atoms with van der Waals surface area (Å²) in [7, 11) is 0. The van der Waals surface area contributed by atoms with Gasteiger partial charge in [-0.1, -0.05) is 0 Å². The SMILES string of the molecule is Cc1c(CNC(C)(C)C)cnn1CCC1CCCO1. The molecule has 19 heavy (non-hydrogen) atoms. The molecule has 2 rings (SSSR count). The molecule has 0 bridgehead atoms. The van der Waals surface area contributed by atoms with Gasteiger partial charge in [-0.05, 0) is 47.0 Å². The Hall–Kier alpha value is -0.870. The zero-order valence-corrected chi connectivity index (χ0v) is 12.7. The molecule has 1 aliphatic heterocycles. The van der Waals surface area contributed by atoms with Crippen molar-refractivity contribution in [3.8, 4) is 0 Å². The molecule has 0 radical (unpaired) electrons. The minimum absolute atomic E-state index is 0.145. The molecule has 1 unspecified atom stereocenters. The lowest BCUT2D eigenvalue weighted by molar-refractivity contribution is 0.0993. The van der Waals surface area contributed by atoms with Gasteiger partial charge in [0.1, 0.15) is 0 Å². The molecule has 0 aromatic carbocycles. The number of aromatic nitrogens is 2. The highest BCUT2D eigenvalue weighted by atomic mass is 16.5. The smallest absolute Gasteiger partial charge is 0.0593 e. The van der Waals surface area contributed by atoms with Gasteiger partial charge in [-0.2, -0.15) is 5.10 Å². The van der Waals surface area contributed by atoms with Gasteiger partial charge in [-0.25, -0.2) is 0 Å². The average molecular weight is 265 g/mol. The monoisotopic (exact) mass is 265 g/mol. The lowest BCUT2D eigenvalue weighted by Crippen LogP contribution is -2.35. The number of ether oxygens (including phenoxy) is 1. The van der Waals surface area contributed by atoms with Gasteiger partial charge in [-0.15, -0.1) is 0 Å². The van der Waals surface area contributed by atoms with Crippen LogP contribution >= 0.6 is 0 Å². The van der Waals surface area contributed by atoms with Crippen LogP contribution in [0.25, 0.3) is 0 Å². The second kappa shape index (κ2) is 6.06. The van der Waals surface area contributed by atoms with E-state index in [1.54, 1.807) is 0 Å². The quantitative estimate of drug-likeness (QED) is 0.889. The average Bonchev–Trinajstić information content (AvgIpc) is 2.93. The van der Waals surface area contributed by atoms with Crippen LogP contribution in [0.3, 0.4) is 0 Å². The van der Waals surface area contributed by atoms with E-state index in [0.717, 1.165) is 26.1 Å². The molecule has 4 nitrogen and oxygen atoms in total. The third-order valence-corrected chi connectivity index (χ3v) is 3.70. The molecular weight excluding hydrogens is 238 g/mol. The largest absolute Gasteiger partial charge is 0.378 e. The topological polar surface area (TPSA) is 39.1 Å². The van der Waals surface area contributed by atoms with E-state index < -0.39 is 0 Å². The summed E-state index contributed by atoms with van der Waals surface area (Å²) in [5.74, 6) is 0. The predicted octanol–water partition coefficient (Wildman–Crippen LogP) is 2.65. The highest BCUT2D eigenvalue weighted by Crippen LogP contribution is 2.17. The Morgan fingerprint density at radius 2 is 2.26 bits per heavy atom. The molecule has 1 fully saturated rings. The molecular formula is C15H27N3O. The van der Waals surface area contributed by atoms with Crippen molar-refractivity contribution in [1.29, 1.82) is 0 Å². The van der Waals surface area contributed by atoms with Crippen LogP contribution in [0, 0.1) is 6.92 Å². The number of hydrogen-bond acceptors (Lipinski definition) is 3. The molecule has 1 atom stereocenters. The van der Waals surface area contributed by atoms with E-state index in [4.69, 9.17) is 4.74 Å². The highest BCUT2D eigenvalue weighted by Gasteiger charge is 2.16. The number of rotatable bonds is 5. The van der Waals surface area contributed by atoms with E-state index in [1.807, 2.05) is 6.20 Å². The number of aryl methyl sites for hydroxylation is 1. The first-order valence-corrected chi connectivity index (χ1v) is 7.33. The molecule has 2 heterocycles. The maximum absolute atomic E-state index is 5.66. The molecule has 0 amide bonds. The highest BCUT2D eigenvalue weighted by molar-refractivity contribution is 5.16. The van der Waals surface area contributed by atoms with E-state index in [0.29, 0.717) is 6.10 Å². The third-order valence-electron chi connectivity index (χ3n) is 3.70. The lowest BCUT2D eigenvalue weighted by atomic mass is 10.1. The van der Waals surface area contributed by atoms with Gasteiger partial charge in [0.25, 0.3) is 0 Å². The van der Waals surface area contributed by atoms with E-state index in [-0.39, 0.29) is 5.54 Å². The summed E-state index contributed by atoms with van der Waals surface area (Å²) >= 11 is 0. The van der Waals surface area contributed by atoms with E-state index in [2.05, 4.69) is 42.8 Å². The Labute approximate surface area is 116 Å². The van der Waals surface area contributed by atoms with Gasteiger partial charge >= 0.3 is 0 Å². The zero-order valence-electron chi connectivity index (χ0n) is 12.7. The molecule has 4 heteroatoms. The molecule has 0 saturated carbocycles. The van der Waals surface area contributed by atoms with Crippen molar-refractivity contribution in [2.45, 2.75) is 71.7 Å². The summed E-state index contributed by atoms with van der Waals surface area (Å²) in [5.41, 5.74) is 2.71. The van der Waals surface area contributed by atoms with Crippen LogP contribution in [0.2, 0.25) is 0 Å². The standard InChI is InChI=1S/C15H27N3O/c1-12-13(10-16-15(2,3)4)11-17-18(12)8-7-14-6-5-9-19-14/h11,14,16H,5-10H2,1-4H3. The maximum Gasteiger partial charge on any atom is 0.0593 e. The maximum atomic E-state index is 5.66. The summed E-state index contributed by atoms with van der Waals surface area (Å²) in [6.45, 7) is 11.5. The van der Waals surface area contributed by atoms with Crippen molar-refractivity contribution in [3.05, 3.63) is 17.5 Å². The van der Waals surface area contributed by atoms with Crippen molar-refractivity contribution >= 4 is 0 Å². The van der Waals surface area contributed by atoms with Gasteiger partial charge in [-0.3, -0.25) is 4.68 Å². The van der Waals surface area contributed by atoms with Crippen molar-refractivity contribution in [2.24, 2.45) is 0 Å². The number of hydrogen-bond donors (Lipinski definition) is 1. The van der Waals surface area contributed by atoms with Crippen LogP contribution in [-0.4, -0.2) is 28.0 Å². The van der Waals surface area contributed by atoms with Crippen LogP contribution in [0.5, 0.6) is 0 Å². The predicted molar refractivity (Wildman–Crippen MR) is 77.1 cm³/mol. The van der Waals surface area contributed by atoms with Crippen molar-refractivity contribution in [1.82, 2.24) is 15.1 Å². The molecule has 1 aromatic rings. The molecule has 1 saturated heterocycles. The van der Waals surface area contributed by atoms with E-state index in [9.17, 15) is 0 Å². The Bertz CT molecular complexity index is 400. The van der Waals surface area contributed by atoms with Gasteiger partial charge in [0.2, 0.25) is 0 Å². The van der Waals surface area contributed by atoms with Gasteiger partial charge in [0.05, 0.1) is 12.3 Å². The minimum Gasteiger partial charge on any atom is -0.378 e. The molecule has 1 N–H and O–H groups in total. The molecule has 0 spiro atoms. The fourth-order valence-corrected chi connectivity index (χ4v) is 2.38. The van der Waals surface area contributed by atoms with E-state index in [1.165, 1.54) is 24.1 Å². The zero-order chi connectivity index (χ0) is 13.9. The second-order valence-electron chi connectivity index (χ2n) is 6.51. The molecule has 108 valence electrons. The Morgan fingerprint density at radius 3 is 2.89 bits per heavy atom. The summed E-state index contributed by atoms with van der Waals surface area (Å²) in [4.78, 5) is 0. The summed E-state index contributed by atoms with van der Waals surface area (Å²) < 4.78 is 7.77. The van der Waals surface area contributed by atoms with Crippen LogP contribution in [0.1, 0.15) is 51.3 Å². The number of nitrogens with one attached hydrogen (secondary N) is 1. The normalized spacial score (nSPS) is 20.1. The number of nitrogens with zero attached hydrogens (tertiary/aromatic N) is 2. The van der Waals surface area contributed by atoms with Crippen LogP contribution in [0.4, 0.5) is 0 Å². The van der Waals surface area contributed by atoms with Crippen molar-refractivity contribution in [3.63, 3.8) is 0 Å². The van der Waals surface area contributed by atoms with Crippen molar-refractivity contribution < 1.29 is 4.74 Å². The van der Waals surface area contributed by atoms with Crippen LogP contribution in [-0.2, 0) is 17.8 Å². The minimum atomic E-state index is 0.145.